The molecule has 0 bridgehead atoms. The van der Waals surface area contributed by atoms with Crippen molar-refractivity contribution in [3.63, 3.8) is 0 Å². The maximum absolute atomic E-state index is 12.0. The van der Waals surface area contributed by atoms with E-state index in [4.69, 9.17) is 15.2 Å². The Labute approximate surface area is 112 Å². The summed E-state index contributed by atoms with van der Waals surface area (Å²) in [6.07, 6.45) is 3.88. The highest BCUT2D eigenvalue weighted by molar-refractivity contribution is 5.78. The monoisotopic (exact) mass is 265 g/mol. The normalized spacial score (nSPS) is 23.2. The van der Waals surface area contributed by atoms with E-state index in [1.165, 1.54) is 0 Å². The lowest BCUT2D eigenvalue weighted by Gasteiger charge is -2.35. The molecule has 1 saturated heterocycles. The van der Waals surface area contributed by atoms with Gasteiger partial charge in [-0.2, -0.15) is 0 Å². The number of amides is 1. The van der Waals surface area contributed by atoms with E-state index in [1.54, 1.807) is 36.5 Å². The van der Waals surface area contributed by atoms with Crippen LogP contribution in [0.1, 0.15) is 6.42 Å². The summed E-state index contributed by atoms with van der Waals surface area (Å²) in [7, 11) is 1.62. The van der Waals surface area contributed by atoms with Gasteiger partial charge in [-0.3, -0.25) is 9.78 Å². The zero-order valence-electron chi connectivity index (χ0n) is 11.0. The molecule has 1 aromatic heterocycles. The number of nitrogens with two attached hydrogens (primary N) is 1. The molecule has 2 heterocycles. The molecule has 0 aliphatic carbocycles. The van der Waals surface area contributed by atoms with Crippen molar-refractivity contribution >= 4 is 5.91 Å². The summed E-state index contributed by atoms with van der Waals surface area (Å²) in [5.41, 5.74) is 5.91. The van der Waals surface area contributed by atoms with Crippen molar-refractivity contribution in [2.24, 2.45) is 5.73 Å². The highest BCUT2D eigenvalue weighted by Crippen LogP contribution is 2.13. The Morgan fingerprint density at radius 1 is 1.63 bits per heavy atom. The minimum Gasteiger partial charge on any atom is -0.482 e. The van der Waals surface area contributed by atoms with Gasteiger partial charge in [0.05, 0.1) is 12.3 Å². The fourth-order valence-corrected chi connectivity index (χ4v) is 2.08. The third-order valence-corrected chi connectivity index (χ3v) is 3.26. The number of carbonyl (C=O) groups is 1. The van der Waals surface area contributed by atoms with Gasteiger partial charge in [-0.05, 0) is 18.6 Å². The van der Waals surface area contributed by atoms with Crippen molar-refractivity contribution in [1.82, 2.24) is 9.88 Å². The molecule has 6 heteroatoms. The van der Waals surface area contributed by atoms with Crippen molar-refractivity contribution in [3.8, 4) is 5.75 Å². The standard InChI is InChI=1S/C13H19N3O3/c1-18-12-8-16(6-4-11(12)14)13(17)9-19-10-3-2-5-15-7-10/h2-3,5,7,11-12H,4,6,8-9,14H2,1H3/t11-,12+/m0/s1. The van der Waals surface area contributed by atoms with Gasteiger partial charge in [0.15, 0.2) is 6.61 Å². The van der Waals surface area contributed by atoms with Crippen LogP contribution in [-0.4, -0.2) is 54.7 Å². The Hall–Kier alpha value is -1.66. The second-order valence-corrected chi connectivity index (χ2v) is 4.54. The van der Waals surface area contributed by atoms with Gasteiger partial charge in [-0.1, -0.05) is 0 Å². The number of rotatable bonds is 4. The van der Waals surface area contributed by atoms with Crippen LogP contribution in [0, 0.1) is 0 Å². The van der Waals surface area contributed by atoms with Crippen LogP contribution in [0.3, 0.4) is 0 Å². The SMILES string of the molecule is CO[C@@H]1CN(C(=O)COc2cccnc2)CC[C@@H]1N. The molecule has 0 unspecified atom stereocenters. The van der Waals surface area contributed by atoms with Crippen LogP contribution in [0.25, 0.3) is 0 Å². The first-order chi connectivity index (χ1) is 9.20. The van der Waals surface area contributed by atoms with E-state index in [1.807, 2.05) is 0 Å². The summed E-state index contributed by atoms with van der Waals surface area (Å²) >= 11 is 0. The molecular weight excluding hydrogens is 246 g/mol. The number of pyridine rings is 1. The quantitative estimate of drug-likeness (QED) is 0.831. The third kappa shape index (κ3) is 3.65. The van der Waals surface area contributed by atoms with Gasteiger partial charge in [0.2, 0.25) is 0 Å². The van der Waals surface area contributed by atoms with Gasteiger partial charge < -0.3 is 20.1 Å². The zero-order chi connectivity index (χ0) is 13.7. The largest absolute Gasteiger partial charge is 0.482 e. The van der Waals surface area contributed by atoms with Gasteiger partial charge in [0.25, 0.3) is 5.91 Å². The third-order valence-electron chi connectivity index (χ3n) is 3.26. The van der Waals surface area contributed by atoms with Crippen LogP contribution < -0.4 is 10.5 Å². The number of likely N-dealkylation sites (tertiary alicyclic amines) is 1. The van der Waals surface area contributed by atoms with Crippen LogP contribution in [0.2, 0.25) is 0 Å². The van der Waals surface area contributed by atoms with Gasteiger partial charge in [-0.15, -0.1) is 0 Å². The summed E-state index contributed by atoms with van der Waals surface area (Å²) in [5, 5.41) is 0. The van der Waals surface area contributed by atoms with Gasteiger partial charge in [-0.25, -0.2) is 0 Å². The molecule has 1 aromatic rings. The average Bonchev–Trinajstić information content (AvgIpc) is 2.46. The van der Waals surface area contributed by atoms with E-state index in [0.717, 1.165) is 6.42 Å². The van der Waals surface area contributed by atoms with Crippen molar-refractivity contribution in [2.45, 2.75) is 18.6 Å². The summed E-state index contributed by atoms with van der Waals surface area (Å²) in [6.45, 7) is 1.18. The number of piperidine rings is 1. The highest BCUT2D eigenvalue weighted by Gasteiger charge is 2.29. The number of aromatic nitrogens is 1. The smallest absolute Gasteiger partial charge is 0.260 e. The van der Waals surface area contributed by atoms with E-state index in [0.29, 0.717) is 18.8 Å². The molecule has 1 fully saturated rings. The fraction of sp³-hybridized carbons (Fsp3) is 0.538. The summed E-state index contributed by atoms with van der Waals surface area (Å²) in [6, 6.07) is 3.53. The van der Waals surface area contributed by atoms with Crippen LogP contribution in [0.4, 0.5) is 0 Å². The lowest BCUT2D eigenvalue weighted by molar-refractivity contribution is -0.137. The van der Waals surface area contributed by atoms with Crippen molar-refractivity contribution < 1.29 is 14.3 Å². The summed E-state index contributed by atoms with van der Waals surface area (Å²) in [4.78, 5) is 17.7. The molecule has 104 valence electrons. The van der Waals surface area contributed by atoms with Crippen LogP contribution in [0.15, 0.2) is 24.5 Å². The number of carbonyl (C=O) groups excluding carboxylic acids is 1. The first kappa shape index (κ1) is 13.8. The van der Waals surface area contributed by atoms with Crippen LogP contribution >= 0.6 is 0 Å². The first-order valence-corrected chi connectivity index (χ1v) is 6.29. The molecule has 1 amide bonds. The molecule has 2 N–H and O–H groups in total. The average molecular weight is 265 g/mol. The summed E-state index contributed by atoms with van der Waals surface area (Å²) in [5.74, 6) is 0.533. The Kier molecular flexibility index (Phi) is 4.70. The molecule has 1 aliphatic rings. The predicted octanol–water partition coefficient (Wildman–Crippen LogP) is 0.0350. The molecule has 0 spiro atoms. The first-order valence-electron chi connectivity index (χ1n) is 6.29. The minimum atomic E-state index is -0.101. The molecule has 0 radical (unpaired) electrons. The predicted molar refractivity (Wildman–Crippen MR) is 69.7 cm³/mol. The van der Waals surface area contributed by atoms with Gasteiger partial charge in [0, 0.05) is 32.4 Å². The summed E-state index contributed by atoms with van der Waals surface area (Å²) < 4.78 is 10.7. The second-order valence-electron chi connectivity index (χ2n) is 4.54. The fourth-order valence-electron chi connectivity index (χ4n) is 2.08. The molecule has 0 aromatic carbocycles. The van der Waals surface area contributed by atoms with Crippen molar-refractivity contribution in [1.29, 1.82) is 0 Å². The Morgan fingerprint density at radius 3 is 3.16 bits per heavy atom. The molecule has 2 rings (SSSR count). The minimum absolute atomic E-state index is 0.00621. The lowest BCUT2D eigenvalue weighted by atomic mass is 10.0. The molecule has 19 heavy (non-hydrogen) atoms. The molecule has 6 nitrogen and oxygen atoms in total. The van der Waals surface area contributed by atoms with Crippen LogP contribution in [-0.2, 0) is 9.53 Å². The molecular formula is C13H19N3O3. The number of nitrogens with zero attached hydrogens (tertiary/aromatic N) is 2. The van der Waals surface area contributed by atoms with Crippen molar-refractivity contribution in [3.05, 3.63) is 24.5 Å². The Balaban J connectivity index is 1.83. The Bertz CT molecular complexity index is 413. The number of hydrogen-bond donors (Lipinski definition) is 1. The molecule has 0 saturated carbocycles. The number of hydrogen-bond acceptors (Lipinski definition) is 5. The van der Waals surface area contributed by atoms with E-state index in [2.05, 4.69) is 4.98 Å². The van der Waals surface area contributed by atoms with E-state index in [-0.39, 0.29) is 24.7 Å². The topological polar surface area (TPSA) is 77.7 Å². The maximum atomic E-state index is 12.0. The van der Waals surface area contributed by atoms with Crippen LogP contribution in [0.5, 0.6) is 5.75 Å². The Morgan fingerprint density at radius 2 is 2.47 bits per heavy atom. The lowest BCUT2D eigenvalue weighted by Crippen LogP contribution is -2.53. The highest BCUT2D eigenvalue weighted by atomic mass is 16.5. The van der Waals surface area contributed by atoms with Gasteiger partial charge >= 0.3 is 0 Å². The van der Waals surface area contributed by atoms with Gasteiger partial charge in [0.1, 0.15) is 5.75 Å². The van der Waals surface area contributed by atoms with E-state index >= 15 is 0 Å². The van der Waals surface area contributed by atoms with E-state index < -0.39 is 0 Å². The number of methoxy groups -OCH3 is 1. The molecule has 2 atom stereocenters. The zero-order valence-corrected chi connectivity index (χ0v) is 11.0. The van der Waals surface area contributed by atoms with E-state index in [9.17, 15) is 4.79 Å². The van der Waals surface area contributed by atoms with Crippen molar-refractivity contribution in [2.75, 3.05) is 26.8 Å². The maximum Gasteiger partial charge on any atom is 0.260 e. The second kappa shape index (κ2) is 6.49. The number of ether oxygens (including phenoxy) is 2. The molecule has 1 aliphatic heterocycles.